The lowest BCUT2D eigenvalue weighted by molar-refractivity contribution is -0.129. The number of ether oxygens (including phenoxy) is 2. The normalized spacial score (nSPS) is 16.6. The predicted molar refractivity (Wildman–Crippen MR) is 149 cm³/mol. The van der Waals surface area contributed by atoms with Gasteiger partial charge in [-0.25, -0.2) is 4.99 Å². The van der Waals surface area contributed by atoms with E-state index in [9.17, 15) is 9.59 Å². The number of carbonyl (C=O) groups is 2. The molecule has 3 aromatic carbocycles. The summed E-state index contributed by atoms with van der Waals surface area (Å²) < 4.78 is 10.7. The first-order valence-electron chi connectivity index (χ1n) is 11.4. The van der Waals surface area contributed by atoms with Crippen molar-refractivity contribution in [3.63, 3.8) is 0 Å². The van der Waals surface area contributed by atoms with Gasteiger partial charge in [0.05, 0.1) is 26.5 Å². The molecule has 0 aromatic heterocycles. The van der Waals surface area contributed by atoms with Crippen LogP contribution in [0.3, 0.4) is 0 Å². The van der Waals surface area contributed by atoms with E-state index in [4.69, 9.17) is 37.7 Å². The van der Waals surface area contributed by atoms with Crippen LogP contribution in [0.15, 0.2) is 65.7 Å². The van der Waals surface area contributed by atoms with Crippen LogP contribution in [0.1, 0.15) is 17.5 Å². The van der Waals surface area contributed by atoms with E-state index in [1.807, 2.05) is 25.1 Å². The molecule has 3 aromatic rings. The van der Waals surface area contributed by atoms with Gasteiger partial charge < -0.3 is 14.8 Å². The number of nitrogens with one attached hydrogen (secondary N) is 1. The van der Waals surface area contributed by atoms with Crippen LogP contribution < -0.4 is 14.8 Å². The number of rotatable bonds is 7. The van der Waals surface area contributed by atoms with E-state index < -0.39 is 5.25 Å². The molecular formula is C27H25Cl2N3O4S. The lowest BCUT2D eigenvalue weighted by Crippen LogP contribution is -2.44. The van der Waals surface area contributed by atoms with Gasteiger partial charge in [-0.1, -0.05) is 47.1 Å². The Hall–Kier alpha value is -3.20. The summed E-state index contributed by atoms with van der Waals surface area (Å²) in [5, 5.41) is 3.74. The number of nitrogens with zero attached hydrogens (tertiary/aromatic N) is 2. The number of amides is 2. The molecule has 7 nitrogen and oxygen atoms in total. The Morgan fingerprint density at radius 1 is 1.05 bits per heavy atom. The Labute approximate surface area is 229 Å². The summed E-state index contributed by atoms with van der Waals surface area (Å²) in [6.45, 7) is 2.14. The van der Waals surface area contributed by atoms with E-state index in [0.29, 0.717) is 38.1 Å². The smallest absolute Gasteiger partial charge is 0.238 e. The minimum atomic E-state index is -0.666. The summed E-state index contributed by atoms with van der Waals surface area (Å²) in [4.78, 5) is 32.7. The summed E-state index contributed by atoms with van der Waals surface area (Å²) >= 11 is 13.5. The summed E-state index contributed by atoms with van der Waals surface area (Å²) in [5.41, 5.74) is 2.92. The molecule has 1 aliphatic heterocycles. The van der Waals surface area contributed by atoms with Crippen molar-refractivity contribution in [3.8, 4) is 11.5 Å². The average molecular weight is 558 g/mol. The monoisotopic (exact) mass is 557 g/mol. The molecule has 37 heavy (non-hydrogen) atoms. The third-order valence-electron chi connectivity index (χ3n) is 5.71. The molecule has 1 N–H and O–H groups in total. The lowest BCUT2D eigenvalue weighted by Gasteiger charge is -2.32. The number of thioether (sulfide) groups is 1. The lowest BCUT2D eigenvalue weighted by atomic mass is 10.1. The molecule has 10 heteroatoms. The van der Waals surface area contributed by atoms with Crippen molar-refractivity contribution in [1.29, 1.82) is 0 Å². The van der Waals surface area contributed by atoms with Gasteiger partial charge in [0.15, 0.2) is 16.7 Å². The highest BCUT2D eigenvalue weighted by atomic mass is 35.5. The number of halogens is 2. The molecule has 0 spiro atoms. The zero-order valence-corrected chi connectivity index (χ0v) is 22.8. The number of amidine groups is 1. The number of anilines is 1. The van der Waals surface area contributed by atoms with Crippen LogP contribution in [-0.2, 0) is 16.1 Å². The first-order chi connectivity index (χ1) is 17.8. The van der Waals surface area contributed by atoms with Crippen LogP contribution >= 0.6 is 35.0 Å². The largest absolute Gasteiger partial charge is 0.493 e. The second kappa shape index (κ2) is 11.9. The van der Waals surface area contributed by atoms with Crippen LogP contribution in [0, 0.1) is 6.92 Å². The SMILES string of the molecule is COc1ccc(CN2C(=O)CC(C(=O)Nc3ccc(C)c(Cl)c3)SC2=Nc2ccc(Cl)cc2)cc1OC. The molecule has 0 aliphatic carbocycles. The topological polar surface area (TPSA) is 80.2 Å². The van der Waals surface area contributed by atoms with Gasteiger partial charge in [0.2, 0.25) is 11.8 Å². The number of methoxy groups -OCH3 is 2. The van der Waals surface area contributed by atoms with Crippen molar-refractivity contribution >= 4 is 63.3 Å². The third kappa shape index (κ3) is 6.57. The molecule has 1 atom stereocenters. The molecule has 4 rings (SSSR count). The van der Waals surface area contributed by atoms with Gasteiger partial charge >= 0.3 is 0 Å². The van der Waals surface area contributed by atoms with Crippen molar-refractivity contribution < 1.29 is 19.1 Å². The van der Waals surface area contributed by atoms with Crippen molar-refractivity contribution in [2.45, 2.75) is 25.1 Å². The van der Waals surface area contributed by atoms with Crippen LogP contribution in [-0.4, -0.2) is 41.4 Å². The average Bonchev–Trinajstić information content (AvgIpc) is 2.89. The van der Waals surface area contributed by atoms with Crippen LogP contribution in [0.2, 0.25) is 10.0 Å². The van der Waals surface area contributed by atoms with Crippen LogP contribution in [0.4, 0.5) is 11.4 Å². The fraction of sp³-hybridized carbons (Fsp3) is 0.222. The molecule has 2 amide bonds. The quantitative estimate of drug-likeness (QED) is 0.359. The maximum atomic E-state index is 13.4. The van der Waals surface area contributed by atoms with Crippen LogP contribution in [0.25, 0.3) is 0 Å². The number of carbonyl (C=O) groups excluding carboxylic acids is 2. The number of hydrogen-bond acceptors (Lipinski definition) is 6. The van der Waals surface area contributed by atoms with E-state index >= 15 is 0 Å². The van der Waals surface area contributed by atoms with Crippen molar-refractivity contribution in [1.82, 2.24) is 4.90 Å². The fourth-order valence-corrected chi connectivity index (χ4v) is 5.08. The molecule has 1 heterocycles. The first kappa shape index (κ1) is 26.9. The van der Waals surface area contributed by atoms with Gasteiger partial charge in [-0.2, -0.15) is 0 Å². The second-order valence-electron chi connectivity index (χ2n) is 8.30. The van der Waals surface area contributed by atoms with E-state index in [2.05, 4.69) is 5.32 Å². The standard InChI is InChI=1S/C27H25Cl2N3O4S/c1-16-4-8-20(13-21(16)29)30-26(34)24-14-25(33)32(15-17-5-11-22(35-2)23(12-17)36-3)27(37-24)31-19-9-6-18(28)7-10-19/h4-13,24H,14-15H2,1-3H3,(H,30,34). The third-order valence-corrected chi connectivity index (χ3v) is 7.56. The maximum Gasteiger partial charge on any atom is 0.238 e. The Morgan fingerprint density at radius 3 is 2.46 bits per heavy atom. The highest BCUT2D eigenvalue weighted by Gasteiger charge is 2.36. The van der Waals surface area contributed by atoms with Crippen molar-refractivity contribution in [3.05, 3.63) is 81.8 Å². The zero-order chi connectivity index (χ0) is 26.5. The number of aryl methyl sites for hydroxylation is 1. The molecular weight excluding hydrogens is 533 g/mol. The Kier molecular flexibility index (Phi) is 8.63. The molecule has 1 fully saturated rings. The molecule has 1 saturated heterocycles. The Bertz CT molecular complexity index is 1350. The minimum Gasteiger partial charge on any atom is -0.493 e. The van der Waals surface area contributed by atoms with E-state index in [1.54, 1.807) is 61.6 Å². The molecule has 0 bridgehead atoms. The Balaban J connectivity index is 1.61. The van der Waals surface area contributed by atoms with Gasteiger partial charge in [0.1, 0.15) is 5.25 Å². The fourth-order valence-electron chi connectivity index (χ4n) is 3.68. The first-order valence-corrected chi connectivity index (χ1v) is 13.0. The summed E-state index contributed by atoms with van der Waals surface area (Å²) in [5.74, 6) is 0.632. The van der Waals surface area contributed by atoms with E-state index in [-0.39, 0.29) is 24.8 Å². The predicted octanol–water partition coefficient (Wildman–Crippen LogP) is 6.48. The van der Waals surface area contributed by atoms with Gasteiger partial charge in [-0.3, -0.25) is 14.5 Å². The highest BCUT2D eigenvalue weighted by molar-refractivity contribution is 8.15. The zero-order valence-electron chi connectivity index (χ0n) is 20.5. The summed E-state index contributed by atoms with van der Waals surface area (Å²) in [6, 6.07) is 17.7. The second-order valence-corrected chi connectivity index (χ2v) is 10.3. The van der Waals surface area contributed by atoms with Crippen LogP contribution in [0.5, 0.6) is 11.5 Å². The maximum absolute atomic E-state index is 13.4. The molecule has 0 radical (unpaired) electrons. The number of benzene rings is 3. The van der Waals surface area contributed by atoms with Gasteiger partial charge in [-0.15, -0.1) is 0 Å². The van der Waals surface area contributed by atoms with E-state index in [0.717, 1.165) is 11.1 Å². The summed E-state index contributed by atoms with van der Waals surface area (Å²) in [7, 11) is 3.12. The molecule has 1 aliphatic rings. The molecule has 192 valence electrons. The summed E-state index contributed by atoms with van der Waals surface area (Å²) in [6.07, 6.45) is 0.0169. The van der Waals surface area contributed by atoms with Gasteiger partial charge in [0, 0.05) is 22.2 Å². The van der Waals surface area contributed by atoms with Crippen molar-refractivity contribution in [2.24, 2.45) is 4.99 Å². The van der Waals surface area contributed by atoms with Gasteiger partial charge in [0.25, 0.3) is 0 Å². The highest BCUT2D eigenvalue weighted by Crippen LogP contribution is 2.33. The number of aliphatic imine (C=N–C) groups is 1. The van der Waals surface area contributed by atoms with Gasteiger partial charge in [-0.05, 0) is 66.6 Å². The van der Waals surface area contributed by atoms with E-state index in [1.165, 1.54) is 11.8 Å². The molecule has 1 unspecified atom stereocenters. The molecule has 0 saturated carbocycles. The Morgan fingerprint density at radius 2 is 1.78 bits per heavy atom. The number of hydrogen-bond donors (Lipinski definition) is 1. The minimum absolute atomic E-state index is 0.0169. The van der Waals surface area contributed by atoms with Crippen molar-refractivity contribution in [2.75, 3.05) is 19.5 Å².